The highest BCUT2D eigenvalue weighted by molar-refractivity contribution is 7.89. The molecule has 0 fully saturated rings. The molecule has 1 N–H and O–H groups in total. The number of nitrogens with zero attached hydrogens (tertiary/aromatic N) is 2. The molecular formula is C9H13N3O2S. The largest absolute Gasteiger partial charge is 0.258 e. The first-order valence-corrected chi connectivity index (χ1v) is 5.96. The lowest BCUT2D eigenvalue weighted by Gasteiger charge is -2.10. The van der Waals surface area contributed by atoms with Crippen molar-refractivity contribution >= 4 is 10.0 Å². The van der Waals surface area contributed by atoms with E-state index in [0.717, 1.165) is 0 Å². The summed E-state index contributed by atoms with van der Waals surface area (Å²) in [6, 6.07) is 0.941. The van der Waals surface area contributed by atoms with Gasteiger partial charge in [0.2, 0.25) is 0 Å². The lowest BCUT2D eigenvalue weighted by molar-refractivity contribution is 0.553. The summed E-state index contributed by atoms with van der Waals surface area (Å²) < 4.78 is 27.2. The van der Waals surface area contributed by atoms with E-state index in [1.807, 2.05) is 6.92 Å². The highest BCUT2D eigenvalue weighted by Gasteiger charge is 2.20. The van der Waals surface area contributed by atoms with E-state index in [4.69, 9.17) is 6.42 Å². The number of sulfonamides is 1. The molecule has 1 unspecified atom stereocenters. The van der Waals surface area contributed by atoms with E-state index in [0.29, 0.717) is 6.42 Å². The van der Waals surface area contributed by atoms with Crippen LogP contribution in [-0.4, -0.2) is 24.2 Å². The standard InChI is InChI=1S/C9H13N3O2S/c1-4-8(5-2)11-15(13,14)9-6-7-10-12(9)3/h1,6-8,11H,5H2,2-3H3. The van der Waals surface area contributed by atoms with Gasteiger partial charge >= 0.3 is 0 Å². The molecule has 15 heavy (non-hydrogen) atoms. The summed E-state index contributed by atoms with van der Waals surface area (Å²) in [7, 11) is -2.00. The molecule has 1 rings (SSSR count). The summed E-state index contributed by atoms with van der Waals surface area (Å²) in [6.07, 6.45) is 7.15. The van der Waals surface area contributed by atoms with Crippen LogP contribution in [0.4, 0.5) is 0 Å². The number of terminal acetylenes is 1. The number of hydrogen-bond donors (Lipinski definition) is 1. The monoisotopic (exact) mass is 227 g/mol. The molecule has 1 aromatic rings. The molecule has 0 aliphatic heterocycles. The molecular weight excluding hydrogens is 214 g/mol. The van der Waals surface area contributed by atoms with Crippen molar-refractivity contribution in [2.75, 3.05) is 0 Å². The zero-order valence-corrected chi connectivity index (χ0v) is 9.45. The molecule has 0 aliphatic rings. The Morgan fingerprint density at radius 2 is 2.40 bits per heavy atom. The van der Waals surface area contributed by atoms with Gasteiger partial charge in [0.05, 0.1) is 12.2 Å². The quantitative estimate of drug-likeness (QED) is 0.743. The van der Waals surface area contributed by atoms with Crippen LogP contribution in [0, 0.1) is 12.3 Å². The van der Waals surface area contributed by atoms with E-state index in [1.165, 1.54) is 16.9 Å². The Kier molecular flexibility index (Phi) is 3.50. The van der Waals surface area contributed by atoms with Crippen molar-refractivity contribution in [2.24, 2.45) is 7.05 Å². The zero-order valence-electron chi connectivity index (χ0n) is 8.64. The maximum absolute atomic E-state index is 11.8. The first-order valence-electron chi connectivity index (χ1n) is 4.47. The first kappa shape index (κ1) is 11.8. The third kappa shape index (κ3) is 2.58. The lowest BCUT2D eigenvalue weighted by Crippen LogP contribution is -2.34. The van der Waals surface area contributed by atoms with Gasteiger partial charge in [-0.2, -0.15) is 9.82 Å². The molecule has 82 valence electrons. The molecule has 1 aromatic heterocycles. The van der Waals surface area contributed by atoms with Gasteiger partial charge < -0.3 is 0 Å². The van der Waals surface area contributed by atoms with Crippen LogP contribution in [0.25, 0.3) is 0 Å². The number of aryl methyl sites for hydroxylation is 1. The Balaban J connectivity index is 2.96. The average Bonchev–Trinajstić information content (AvgIpc) is 2.61. The number of rotatable bonds is 4. The van der Waals surface area contributed by atoms with Crippen LogP contribution < -0.4 is 4.72 Å². The number of nitrogens with one attached hydrogen (secondary N) is 1. The molecule has 0 spiro atoms. The zero-order chi connectivity index (χ0) is 11.5. The topological polar surface area (TPSA) is 64.0 Å². The highest BCUT2D eigenvalue weighted by atomic mass is 32.2. The van der Waals surface area contributed by atoms with Gasteiger partial charge in [-0.3, -0.25) is 4.68 Å². The second-order valence-corrected chi connectivity index (χ2v) is 4.70. The molecule has 6 heteroatoms. The van der Waals surface area contributed by atoms with Crippen molar-refractivity contribution in [3.8, 4) is 12.3 Å². The molecule has 0 aliphatic carbocycles. The van der Waals surface area contributed by atoms with Gasteiger partial charge in [-0.1, -0.05) is 12.8 Å². The Bertz CT molecular complexity index is 470. The predicted molar refractivity (Wildman–Crippen MR) is 56.4 cm³/mol. The van der Waals surface area contributed by atoms with Gasteiger partial charge in [0.15, 0.2) is 5.03 Å². The Morgan fingerprint density at radius 3 is 2.80 bits per heavy atom. The van der Waals surface area contributed by atoms with Crippen molar-refractivity contribution in [3.05, 3.63) is 12.3 Å². The minimum atomic E-state index is -3.56. The maximum atomic E-state index is 11.8. The van der Waals surface area contributed by atoms with Gasteiger partial charge in [-0.05, 0) is 12.5 Å². The van der Waals surface area contributed by atoms with Crippen molar-refractivity contribution in [2.45, 2.75) is 24.4 Å². The van der Waals surface area contributed by atoms with Crippen LogP contribution in [0.1, 0.15) is 13.3 Å². The average molecular weight is 227 g/mol. The van der Waals surface area contributed by atoms with E-state index in [9.17, 15) is 8.42 Å². The second-order valence-electron chi connectivity index (χ2n) is 3.04. The predicted octanol–water partition coefficient (Wildman–Crippen LogP) is 0.110. The minimum absolute atomic E-state index is 0.108. The van der Waals surface area contributed by atoms with Crippen molar-refractivity contribution in [3.63, 3.8) is 0 Å². The molecule has 0 saturated carbocycles. The summed E-state index contributed by atoms with van der Waals surface area (Å²) in [6.45, 7) is 1.82. The Hall–Kier alpha value is -1.32. The first-order chi connectivity index (χ1) is 7.01. The highest BCUT2D eigenvalue weighted by Crippen LogP contribution is 2.07. The molecule has 1 atom stereocenters. The Labute approximate surface area is 89.5 Å². The van der Waals surface area contributed by atoms with E-state index in [2.05, 4.69) is 15.7 Å². The van der Waals surface area contributed by atoms with Crippen molar-refractivity contribution in [1.29, 1.82) is 0 Å². The molecule has 0 amide bonds. The van der Waals surface area contributed by atoms with Crippen LogP contribution in [0.3, 0.4) is 0 Å². The van der Waals surface area contributed by atoms with Crippen molar-refractivity contribution < 1.29 is 8.42 Å². The molecule has 0 radical (unpaired) electrons. The summed E-state index contributed by atoms with van der Waals surface area (Å²) >= 11 is 0. The fourth-order valence-corrected chi connectivity index (χ4v) is 2.47. The molecule has 0 bridgehead atoms. The van der Waals surface area contributed by atoms with Gasteiger partial charge in [-0.25, -0.2) is 8.42 Å². The minimum Gasteiger partial charge on any atom is -0.256 e. The van der Waals surface area contributed by atoms with Crippen LogP contribution >= 0.6 is 0 Å². The summed E-state index contributed by atoms with van der Waals surface area (Å²) in [4.78, 5) is 0. The SMILES string of the molecule is C#CC(CC)NS(=O)(=O)c1ccnn1C. The fourth-order valence-electron chi connectivity index (χ4n) is 1.11. The summed E-state index contributed by atoms with van der Waals surface area (Å²) in [5.74, 6) is 2.37. The van der Waals surface area contributed by atoms with Gasteiger partial charge in [-0.15, -0.1) is 6.42 Å². The summed E-state index contributed by atoms with van der Waals surface area (Å²) in [5.41, 5.74) is 0. The number of hydrogen-bond acceptors (Lipinski definition) is 3. The smallest absolute Gasteiger partial charge is 0.256 e. The van der Waals surface area contributed by atoms with Crippen LogP contribution in [0.15, 0.2) is 17.3 Å². The fraction of sp³-hybridized carbons (Fsp3) is 0.444. The van der Waals surface area contributed by atoms with Crippen LogP contribution in [-0.2, 0) is 17.1 Å². The Morgan fingerprint density at radius 1 is 1.73 bits per heavy atom. The van der Waals surface area contributed by atoms with Gasteiger partial charge in [0, 0.05) is 7.05 Å². The second kappa shape index (κ2) is 4.47. The van der Waals surface area contributed by atoms with Crippen molar-refractivity contribution in [1.82, 2.24) is 14.5 Å². The number of aromatic nitrogens is 2. The van der Waals surface area contributed by atoms with Crippen LogP contribution in [0.5, 0.6) is 0 Å². The third-order valence-corrected chi connectivity index (χ3v) is 3.50. The van der Waals surface area contributed by atoms with E-state index >= 15 is 0 Å². The van der Waals surface area contributed by atoms with E-state index < -0.39 is 16.1 Å². The van der Waals surface area contributed by atoms with Gasteiger partial charge in [0.1, 0.15) is 0 Å². The van der Waals surface area contributed by atoms with E-state index in [1.54, 1.807) is 7.05 Å². The normalized spacial score (nSPS) is 13.4. The van der Waals surface area contributed by atoms with Gasteiger partial charge in [0.25, 0.3) is 10.0 Å². The third-order valence-electron chi connectivity index (χ3n) is 1.96. The molecule has 1 heterocycles. The van der Waals surface area contributed by atoms with E-state index in [-0.39, 0.29) is 5.03 Å². The molecule has 5 nitrogen and oxygen atoms in total. The summed E-state index contributed by atoms with van der Waals surface area (Å²) in [5, 5.41) is 3.90. The lowest BCUT2D eigenvalue weighted by atomic mass is 10.3. The van der Waals surface area contributed by atoms with Crippen LogP contribution in [0.2, 0.25) is 0 Å². The molecule has 0 aromatic carbocycles. The molecule has 0 saturated heterocycles. The maximum Gasteiger partial charge on any atom is 0.258 e.